The number of carbonyl (C=O) groups excluding carboxylic acids is 3. The van der Waals surface area contributed by atoms with Gasteiger partial charge < -0.3 is 15.4 Å². The van der Waals surface area contributed by atoms with E-state index < -0.39 is 17.6 Å². The Morgan fingerprint density at radius 3 is 2.45 bits per heavy atom. The van der Waals surface area contributed by atoms with E-state index >= 15 is 0 Å². The molecule has 0 unspecified atom stereocenters. The van der Waals surface area contributed by atoms with Gasteiger partial charge >= 0.3 is 11.8 Å². The van der Waals surface area contributed by atoms with Crippen molar-refractivity contribution in [3.63, 3.8) is 0 Å². The maximum atomic E-state index is 13.5. The Balaban J connectivity index is 1.48. The highest BCUT2D eigenvalue weighted by Gasteiger charge is 2.14. The number of halogens is 2. The lowest BCUT2D eigenvalue weighted by Crippen LogP contribution is -2.32. The van der Waals surface area contributed by atoms with Gasteiger partial charge in [-0.05, 0) is 54.1 Å². The van der Waals surface area contributed by atoms with Crippen LogP contribution in [0.4, 0.5) is 15.8 Å². The number of hydrogen-bond donors (Lipinski definition) is 3. The van der Waals surface area contributed by atoms with Gasteiger partial charge in [0.15, 0.2) is 6.61 Å². The molecule has 0 aliphatic rings. The summed E-state index contributed by atoms with van der Waals surface area (Å²) < 4.78 is 19.0. The molecule has 0 spiro atoms. The first kappa shape index (κ1) is 23.4. The molecule has 33 heavy (non-hydrogen) atoms. The van der Waals surface area contributed by atoms with Gasteiger partial charge in [0.05, 0.1) is 11.9 Å². The highest BCUT2D eigenvalue weighted by molar-refractivity contribution is 6.39. The minimum Gasteiger partial charge on any atom is -0.484 e. The smallest absolute Gasteiger partial charge is 0.329 e. The van der Waals surface area contributed by atoms with Crippen LogP contribution in [-0.2, 0) is 14.4 Å². The number of para-hydroxylation sites is 1. The number of ether oxygens (including phenoxy) is 1. The molecule has 0 saturated carbocycles. The number of amides is 3. The predicted octanol–water partition coefficient (Wildman–Crippen LogP) is 3.59. The first-order valence-electron chi connectivity index (χ1n) is 9.58. The number of rotatable bonds is 7. The Morgan fingerprint density at radius 2 is 1.70 bits per heavy atom. The van der Waals surface area contributed by atoms with Crippen molar-refractivity contribution < 1.29 is 23.5 Å². The first-order valence-corrected chi connectivity index (χ1v) is 9.96. The second-order valence-corrected chi connectivity index (χ2v) is 6.99. The number of hydrazone groups is 1. The zero-order valence-electron chi connectivity index (χ0n) is 17.0. The second-order valence-electron chi connectivity index (χ2n) is 6.55. The van der Waals surface area contributed by atoms with Gasteiger partial charge in [0.2, 0.25) is 0 Å². The monoisotopic (exact) mass is 468 g/mol. The largest absolute Gasteiger partial charge is 0.484 e. The maximum absolute atomic E-state index is 13.5. The van der Waals surface area contributed by atoms with Crippen LogP contribution >= 0.6 is 11.6 Å². The van der Waals surface area contributed by atoms with Crippen LogP contribution in [0.2, 0.25) is 5.02 Å². The summed E-state index contributed by atoms with van der Waals surface area (Å²) in [6.07, 6.45) is 1.29. The van der Waals surface area contributed by atoms with E-state index in [2.05, 4.69) is 21.2 Å². The highest BCUT2D eigenvalue weighted by Crippen LogP contribution is 2.15. The SMILES string of the molecule is O=C(COc1cccc(/C=N\NC(=O)C(=O)Nc2ccccc2F)c1)Nc1ccc(Cl)cc1. The molecule has 10 heteroatoms. The molecule has 0 aliphatic carbocycles. The van der Waals surface area contributed by atoms with Crippen molar-refractivity contribution in [2.75, 3.05) is 17.2 Å². The minimum absolute atomic E-state index is 0.119. The van der Waals surface area contributed by atoms with Crippen LogP contribution in [0.25, 0.3) is 0 Å². The molecule has 168 valence electrons. The molecule has 0 bridgehead atoms. The second kappa shape index (κ2) is 11.4. The van der Waals surface area contributed by atoms with Gasteiger partial charge in [-0.15, -0.1) is 0 Å². The highest BCUT2D eigenvalue weighted by atomic mass is 35.5. The number of benzene rings is 3. The number of nitrogens with zero attached hydrogens (tertiary/aromatic N) is 1. The Bertz CT molecular complexity index is 1190. The van der Waals surface area contributed by atoms with E-state index in [1.165, 1.54) is 24.4 Å². The molecule has 0 aliphatic heterocycles. The van der Waals surface area contributed by atoms with Gasteiger partial charge in [0.25, 0.3) is 5.91 Å². The van der Waals surface area contributed by atoms with Gasteiger partial charge in [0.1, 0.15) is 11.6 Å². The number of anilines is 2. The van der Waals surface area contributed by atoms with Gasteiger partial charge in [-0.3, -0.25) is 14.4 Å². The zero-order chi connectivity index (χ0) is 23.6. The van der Waals surface area contributed by atoms with Gasteiger partial charge in [-0.25, -0.2) is 9.82 Å². The summed E-state index contributed by atoms with van der Waals surface area (Å²) in [6, 6.07) is 18.7. The molecule has 8 nitrogen and oxygen atoms in total. The number of nitrogens with one attached hydrogen (secondary N) is 3. The van der Waals surface area contributed by atoms with Crippen LogP contribution in [0, 0.1) is 5.82 Å². The summed E-state index contributed by atoms with van der Waals surface area (Å²) in [7, 11) is 0. The average Bonchev–Trinajstić information content (AvgIpc) is 2.81. The molecule has 3 aromatic rings. The molecule has 0 fully saturated rings. The number of carbonyl (C=O) groups is 3. The van der Waals surface area contributed by atoms with Crippen LogP contribution in [0.3, 0.4) is 0 Å². The van der Waals surface area contributed by atoms with Crippen LogP contribution in [0.5, 0.6) is 5.75 Å². The van der Waals surface area contributed by atoms with Crippen molar-refractivity contribution in [3.8, 4) is 5.75 Å². The Hall–Kier alpha value is -4.24. The van der Waals surface area contributed by atoms with E-state index in [-0.39, 0.29) is 18.2 Å². The number of hydrogen-bond acceptors (Lipinski definition) is 5. The molecule has 3 rings (SSSR count). The van der Waals surface area contributed by atoms with Crippen molar-refractivity contribution >= 4 is 46.9 Å². The fraction of sp³-hybridized carbons (Fsp3) is 0.0435. The van der Waals surface area contributed by atoms with Crippen molar-refractivity contribution in [1.29, 1.82) is 0 Å². The van der Waals surface area contributed by atoms with E-state index in [0.29, 0.717) is 22.0 Å². The van der Waals surface area contributed by atoms with E-state index in [1.807, 2.05) is 0 Å². The van der Waals surface area contributed by atoms with Gasteiger partial charge in [-0.1, -0.05) is 35.9 Å². The van der Waals surface area contributed by atoms with Crippen molar-refractivity contribution in [3.05, 3.63) is 89.2 Å². The quantitative estimate of drug-likeness (QED) is 0.280. The predicted molar refractivity (Wildman–Crippen MR) is 123 cm³/mol. The summed E-state index contributed by atoms with van der Waals surface area (Å²) >= 11 is 5.81. The lowest BCUT2D eigenvalue weighted by molar-refractivity contribution is -0.136. The summed E-state index contributed by atoms with van der Waals surface area (Å²) in [4.78, 5) is 35.7. The summed E-state index contributed by atoms with van der Waals surface area (Å²) in [5, 5.41) is 9.09. The topological polar surface area (TPSA) is 109 Å². The van der Waals surface area contributed by atoms with E-state index in [1.54, 1.807) is 48.5 Å². The molecule has 3 aromatic carbocycles. The summed E-state index contributed by atoms with van der Waals surface area (Å²) in [6.45, 7) is -0.226. The van der Waals surface area contributed by atoms with Crippen LogP contribution in [0.1, 0.15) is 5.56 Å². The third kappa shape index (κ3) is 7.44. The lowest BCUT2D eigenvalue weighted by atomic mass is 10.2. The van der Waals surface area contributed by atoms with E-state index in [0.717, 1.165) is 6.07 Å². The molecular formula is C23H18ClFN4O4. The molecule has 3 amide bonds. The molecule has 0 saturated heterocycles. The molecule has 0 heterocycles. The lowest BCUT2D eigenvalue weighted by Gasteiger charge is -2.08. The Labute approximate surface area is 193 Å². The Morgan fingerprint density at radius 1 is 0.939 bits per heavy atom. The van der Waals surface area contributed by atoms with Crippen LogP contribution < -0.4 is 20.8 Å². The molecular weight excluding hydrogens is 451 g/mol. The van der Waals surface area contributed by atoms with Crippen LogP contribution in [0.15, 0.2) is 77.9 Å². The van der Waals surface area contributed by atoms with Gasteiger partial charge in [-0.2, -0.15) is 5.10 Å². The summed E-state index contributed by atoms with van der Waals surface area (Å²) in [5.74, 6) is -2.76. The minimum atomic E-state index is -1.07. The Kier molecular flexibility index (Phi) is 8.09. The fourth-order valence-electron chi connectivity index (χ4n) is 2.52. The maximum Gasteiger partial charge on any atom is 0.329 e. The van der Waals surface area contributed by atoms with Gasteiger partial charge in [0, 0.05) is 10.7 Å². The zero-order valence-corrected chi connectivity index (χ0v) is 17.8. The third-order valence-electron chi connectivity index (χ3n) is 4.06. The normalized spacial score (nSPS) is 10.5. The first-order chi connectivity index (χ1) is 15.9. The van der Waals surface area contributed by atoms with E-state index in [9.17, 15) is 18.8 Å². The molecule has 0 atom stereocenters. The standard InChI is InChI=1S/C23H18ClFN4O4/c24-16-8-10-17(11-9-16)27-21(30)14-33-18-5-3-4-15(12-18)13-26-29-23(32)22(31)28-20-7-2-1-6-19(20)25/h1-13H,14H2,(H,27,30)(H,28,31)(H,29,32)/b26-13-. The van der Waals surface area contributed by atoms with E-state index in [4.69, 9.17) is 16.3 Å². The third-order valence-corrected chi connectivity index (χ3v) is 4.32. The fourth-order valence-corrected chi connectivity index (χ4v) is 2.65. The van der Waals surface area contributed by atoms with Crippen molar-refractivity contribution in [1.82, 2.24) is 5.43 Å². The van der Waals surface area contributed by atoms with Crippen molar-refractivity contribution in [2.45, 2.75) is 0 Å². The molecule has 0 aromatic heterocycles. The average molecular weight is 469 g/mol. The van der Waals surface area contributed by atoms with Crippen molar-refractivity contribution in [2.24, 2.45) is 5.10 Å². The summed E-state index contributed by atoms with van der Waals surface area (Å²) in [5.41, 5.74) is 3.06. The van der Waals surface area contributed by atoms with Crippen LogP contribution in [-0.4, -0.2) is 30.5 Å². The molecule has 0 radical (unpaired) electrons. The molecule has 3 N–H and O–H groups in total.